The number of benzene rings is 1. The molecule has 1 unspecified atom stereocenters. The molecule has 0 saturated heterocycles. The van der Waals surface area contributed by atoms with E-state index >= 15 is 0 Å². The van der Waals surface area contributed by atoms with Gasteiger partial charge in [0.2, 0.25) is 0 Å². The number of nitrogens with one attached hydrogen (secondary N) is 1. The topological polar surface area (TPSA) is 95.9 Å². The molecule has 3 N–H and O–H groups in total. The van der Waals surface area contributed by atoms with Gasteiger partial charge in [-0.1, -0.05) is 24.8 Å². The zero-order valence-electron chi connectivity index (χ0n) is 10.2. The Morgan fingerprint density at radius 3 is 2.79 bits per heavy atom. The summed E-state index contributed by atoms with van der Waals surface area (Å²) in [5.41, 5.74) is 0.400. The summed E-state index contributed by atoms with van der Waals surface area (Å²) in [6, 6.07) is 5.88. The van der Waals surface area contributed by atoms with Crippen LogP contribution in [0.3, 0.4) is 0 Å². The molecular weight excluding hydrogens is 250 g/mol. The Bertz CT molecular complexity index is 472. The van der Waals surface area contributed by atoms with Crippen LogP contribution in [-0.2, 0) is 9.53 Å². The maximum absolute atomic E-state index is 11.2. The molecule has 1 amide bonds. The smallest absolute Gasteiger partial charge is 0.407 e. The Balaban J connectivity index is 2.66. The summed E-state index contributed by atoms with van der Waals surface area (Å²) >= 11 is 0. The molecule has 0 aromatic heterocycles. The second-order valence-electron chi connectivity index (χ2n) is 3.75. The maximum Gasteiger partial charge on any atom is 0.407 e. The average Bonchev–Trinajstić information content (AvgIpc) is 2.36. The molecule has 1 atom stereocenters. The van der Waals surface area contributed by atoms with E-state index in [9.17, 15) is 14.7 Å². The van der Waals surface area contributed by atoms with Crippen molar-refractivity contribution < 1.29 is 24.5 Å². The van der Waals surface area contributed by atoms with Gasteiger partial charge in [0.05, 0.1) is 5.92 Å². The molecule has 19 heavy (non-hydrogen) atoms. The van der Waals surface area contributed by atoms with E-state index in [1.807, 2.05) is 0 Å². The summed E-state index contributed by atoms with van der Waals surface area (Å²) in [6.45, 7) is 3.31. The fraction of sp³-hybridized carbons (Fsp3) is 0.231. The largest absolute Gasteiger partial charge is 0.508 e. The third-order valence-corrected chi connectivity index (χ3v) is 2.35. The number of hydrogen-bond acceptors (Lipinski definition) is 4. The van der Waals surface area contributed by atoms with Gasteiger partial charge in [0, 0.05) is 6.54 Å². The number of aromatic hydroxyl groups is 1. The lowest BCUT2D eigenvalue weighted by Crippen LogP contribution is -2.32. The fourth-order valence-electron chi connectivity index (χ4n) is 1.46. The second kappa shape index (κ2) is 7.05. The van der Waals surface area contributed by atoms with Gasteiger partial charge in [0.1, 0.15) is 12.4 Å². The molecule has 6 nitrogen and oxygen atoms in total. The van der Waals surface area contributed by atoms with Gasteiger partial charge in [0.25, 0.3) is 0 Å². The van der Waals surface area contributed by atoms with Crippen LogP contribution in [0.4, 0.5) is 4.79 Å². The minimum Gasteiger partial charge on any atom is -0.508 e. The molecule has 0 radical (unpaired) electrons. The normalized spacial score (nSPS) is 11.4. The van der Waals surface area contributed by atoms with E-state index in [0.717, 1.165) is 0 Å². The number of phenolic OH excluding ortho intramolecular Hbond substituents is 1. The van der Waals surface area contributed by atoms with Gasteiger partial charge in [-0.3, -0.25) is 4.79 Å². The van der Waals surface area contributed by atoms with Gasteiger partial charge in [-0.25, -0.2) is 4.79 Å². The zero-order chi connectivity index (χ0) is 14.3. The molecule has 0 spiro atoms. The number of phenols is 1. The molecule has 1 aromatic carbocycles. The van der Waals surface area contributed by atoms with Gasteiger partial charge in [-0.15, -0.1) is 0 Å². The van der Waals surface area contributed by atoms with Crippen molar-refractivity contribution >= 4 is 12.1 Å². The van der Waals surface area contributed by atoms with Crippen LogP contribution < -0.4 is 5.32 Å². The van der Waals surface area contributed by atoms with E-state index < -0.39 is 18.0 Å². The van der Waals surface area contributed by atoms with Crippen molar-refractivity contribution in [1.82, 2.24) is 5.32 Å². The Morgan fingerprint density at radius 2 is 2.21 bits per heavy atom. The third-order valence-electron chi connectivity index (χ3n) is 2.35. The van der Waals surface area contributed by atoms with Gasteiger partial charge in [-0.2, -0.15) is 0 Å². The lowest BCUT2D eigenvalue weighted by atomic mass is 9.99. The maximum atomic E-state index is 11.2. The van der Waals surface area contributed by atoms with Gasteiger partial charge < -0.3 is 20.3 Å². The monoisotopic (exact) mass is 265 g/mol. The van der Waals surface area contributed by atoms with Crippen LogP contribution in [0.15, 0.2) is 36.9 Å². The van der Waals surface area contributed by atoms with E-state index in [2.05, 4.69) is 16.6 Å². The molecule has 0 aliphatic carbocycles. The van der Waals surface area contributed by atoms with Crippen molar-refractivity contribution in [2.75, 3.05) is 13.2 Å². The number of carbonyl (C=O) groups excluding carboxylic acids is 1. The highest BCUT2D eigenvalue weighted by Gasteiger charge is 2.21. The van der Waals surface area contributed by atoms with Crippen molar-refractivity contribution in [1.29, 1.82) is 0 Å². The van der Waals surface area contributed by atoms with Crippen molar-refractivity contribution in [3.05, 3.63) is 42.5 Å². The van der Waals surface area contributed by atoms with E-state index in [1.54, 1.807) is 6.07 Å². The summed E-state index contributed by atoms with van der Waals surface area (Å²) in [6.07, 6.45) is 0.690. The molecule has 1 aromatic rings. The second-order valence-corrected chi connectivity index (χ2v) is 3.75. The Hall–Kier alpha value is -2.50. The lowest BCUT2D eigenvalue weighted by molar-refractivity contribution is -0.138. The molecule has 1 rings (SSSR count). The van der Waals surface area contributed by atoms with Crippen molar-refractivity contribution in [2.45, 2.75) is 5.92 Å². The SMILES string of the molecule is C=CCOC(=O)NCC(C(=O)O)c1cccc(O)c1. The highest BCUT2D eigenvalue weighted by atomic mass is 16.5. The Kier molecular flexibility index (Phi) is 5.40. The predicted molar refractivity (Wildman–Crippen MR) is 68.0 cm³/mol. The van der Waals surface area contributed by atoms with Crippen LogP contribution in [0.25, 0.3) is 0 Å². The lowest BCUT2D eigenvalue weighted by Gasteiger charge is -2.13. The van der Waals surface area contributed by atoms with E-state index in [1.165, 1.54) is 24.3 Å². The van der Waals surface area contributed by atoms with Crippen molar-refractivity contribution in [3.63, 3.8) is 0 Å². The molecule has 0 aliphatic heterocycles. The van der Waals surface area contributed by atoms with Crippen LogP contribution in [0, 0.1) is 0 Å². The number of rotatable bonds is 6. The van der Waals surface area contributed by atoms with Crippen LogP contribution in [0.5, 0.6) is 5.75 Å². The predicted octanol–water partition coefficient (Wildman–Crippen LogP) is 1.47. The first kappa shape index (κ1) is 14.6. The van der Waals surface area contributed by atoms with Crippen LogP contribution in [-0.4, -0.2) is 35.4 Å². The standard InChI is InChI=1S/C13H15NO5/c1-2-6-19-13(18)14-8-11(12(16)17)9-4-3-5-10(15)7-9/h2-5,7,11,15H,1,6,8H2,(H,14,18)(H,16,17). The highest BCUT2D eigenvalue weighted by Crippen LogP contribution is 2.20. The third kappa shape index (κ3) is 4.71. The molecule has 0 aliphatic rings. The van der Waals surface area contributed by atoms with E-state index in [-0.39, 0.29) is 18.9 Å². The molecule has 102 valence electrons. The van der Waals surface area contributed by atoms with Crippen LogP contribution >= 0.6 is 0 Å². The van der Waals surface area contributed by atoms with E-state index in [0.29, 0.717) is 5.56 Å². The quantitative estimate of drug-likeness (QED) is 0.677. The number of ether oxygens (including phenoxy) is 1. The molecule has 0 fully saturated rings. The summed E-state index contributed by atoms with van der Waals surface area (Å²) in [4.78, 5) is 22.4. The average molecular weight is 265 g/mol. The Morgan fingerprint density at radius 1 is 1.47 bits per heavy atom. The minimum absolute atomic E-state index is 0.0296. The number of hydrogen-bond donors (Lipinski definition) is 3. The molecular formula is C13H15NO5. The van der Waals surface area contributed by atoms with Crippen LogP contribution in [0.2, 0.25) is 0 Å². The van der Waals surface area contributed by atoms with Gasteiger partial charge in [-0.05, 0) is 17.7 Å². The fourth-order valence-corrected chi connectivity index (χ4v) is 1.46. The molecule has 6 heteroatoms. The number of aliphatic carboxylic acids is 1. The number of carbonyl (C=O) groups is 2. The number of carboxylic acid groups (broad SMARTS) is 1. The first-order valence-electron chi connectivity index (χ1n) is 5.58. The summed E-state index contributed by atoms with van der Waals surface area (Å²) in [5.74, 6) is -2.09. The zero-order valence-corrected chi connectivity index (χ0v) is 10.2. The Labute approximate surface area is 110 Å². The first-order chi connectivity index (χ1) is 9.04. The first-order valence-corrected chi connectivity index (χ1v) is 5.58. The van der Waals surface area contributed by atoms with E-state index in [4.69, 9.17) is 5.11 Å². The molecule has 0 bridgehead atoms. The van der Waals surface area contributed by atoms with Crippen molar-refractivity contribution in [3.8, 4) is 5.75 Å². The highest BCUT2D eigenvalue weighted by molar-refractivity contribution is 5.77. The summed E-state index contributed by atoms with van der Waals surface area (Å²) < 4.78 is 4.67. The van der Waals surface area contributed by atoms with Gasteiger partial charge in [0.15, 0.2) is 0 Å². The minimum atomic E-state index is -1.10. The van der Waals surface area contributed by atoms with Gasteiger partial charge >= 0.3 is 12.1 Å². The number of carboxylic acids is 1. The molecule has 0 saturated carbocycles. The van der Waals surface area contributed by atoms with Crippen LogP contribution in [0.1, 0.15) is 11.5 Å². The molecule has 0 heterocycles. The number of amides is 1. The summed E-state index contributed by atoms with van der Waals surface area (Å²) in [7, 11) is 0. The number of alkyl carbamates (subject to hydrolysis) is 1. The summed E-state index contributed by atoms with van der Waals surface area (Å²) in [5, 5.41) is 20.8. The van der Waals surface area contributed by atoms with Crippen molar-refractivity contribution in [2.24, 2.45) is 0 Å².